The molecule has 1 aromatic rings. The summed E-state index contributed by atoms with van der Waals surface area (Å²) in [5.74, 6) is 0. The Kier molecular flexibility index (Phi) is 4.52. The average molecular weight is 297 g/mol. The van der Waals surface area contributed by atoms with E-state index in [9.17, 15) is 8.42 Å². The molecule has 4 nitrogen and oxygen atoms in total. The summed E-state index contributed by atoms with van der Waals surface area (Å²) in [4.78, 5) is 0.274. The Morgan fingerprint density at radius 2 is 2.05 bits per heavy atom. The highest BCUT2D eigenvalue weighted by molar-refractivity contribution is 7.89. The van der Waals surface area contributed by atoms with Crippen molar-refractivity contribution < 1.29 is 13.5 Å². The van der Waals surface area contributed by atoms with E-state index in [1.54, 1.807) is 25.1 Å². The Hall–Kier alpha value is -0.910. The zero-order valence-corrected chi connectivity index (χ0v) is 13.0. The van der Waals surface area contributed by atoms with Crippen LogP contribution in [0.4, 0.5) is 0 Å². The topological polar surface area (TPSA) is 66.4 Å². The lowest BCUT2D eigenvalue weighted by atomic mass is 10.0. The van der Waals surface area contributed by atoms with Gasteiger partial charge in [-0.3, -0.25) is 0 Å². The van der Waals surface area contributed by atoms with Gasteiger partial charge in [0.05, 0.1) is 11.5 Å². The Balaban J connectivity index is 2.14. The molecule has 0 amide bonds. The lowest BCUT2D eigenvalue weighted by Crippen LogP contribution is -2.30. The second-order valence-electron chi connectivity index (χ2n) is 5.83. The zero-order chi connectivity index (χ0) is 14.8. The second-order valence-corrected chi connectivity index (χ2v) is 7.57. The number of aryl methyl sites for hydroxylation is 1. The summed E-state index contributed by atoms with van der Waals surface area (Å²) in [6.07, 6.45) is 4.38. The molecular weight excluding hydrogens is 274 g/mol. The molecule has 1 saturated carbocycles. The fraction of sp³-hybridized carbons (Fsp3) is 0.600. The molecule has 0 saturated heterocycles. The molecule has 2 N–H and O–H groups in total. The number of hydrogen-bond acceptors (Lipinski definition) is 3. The normalized spacial score (nSPS) is 17.1. The molecule has 0 radical (unpaired) electrons. The van der Waals surface area contributed by atoms with Crippen molar-refractivity contribution in [3.63, 3.8) is 0 Å². The molecule has 0 atom stereocenters. The van der Waals surface area contributed by atoms with Crippen LogP contribution < -0.4 is 4.72 Å². The van der Waals surface area contributed by atoms with Gasteiger partial charge in [0.1, 0.15) is 0 Å². The first-order valence-corrected chi connectivity index (χ1v) is 8.61. The van der Waals surface area contributed by atoms with Crippen LogP contribution in [-0.2, 0) is 16.6 Å². The number of aliphatic hydroxyl groups is 1. The number of sulfonamides is 1. The maximum absolute atomic E-state index is 12.4. The summed E-state index contributed by atoms with van der Waals surface area (Å²) < 4.78 is 27.6. The maximum atomic E-state index is 12.4. The number of hydrogen-bond donors (Lipinski definition) is 2. The van der Waals surface area contributed by atoms with E-state index >= 15 is 0 Å². The van der Waals surface area contributed by atoms with Crippen molar-refractivity contribution in [3.8, 4) is 0 Å². The van der Waals surface area contributed by atoms with Crippen LogP contribution in [0.5, 0.6) is 0 Å². The monoisotopic (exact) mass is 297 g/mol. The first kappa shape index (κ1) is 15.5. The van der Waals surface area contributed by atoms with Gasteiger partial charge in [-0.15, -0.1) is 0 Å². The Morgan fingerprint density at radius 3 is 2.60 bits per heavy atom. The third kappa shape index (κ3) is 3.40. The fourth-order valence-electron chi connectivity index (χ4n) is 2.58. The fourth-order valence-corrected chi connectivity index (χ4v) is 4.03. The summed E-state index contributed by atoms with van der Waals surface area (Å²) in [6.45, 7) is 4.27. The van der Waals surface area contributed by atoms with Crippen molar-refractivity contribution in [1.82, 2.24) is 4.72 Å². The van der Waals surface area contributed by atoms with Gasteiger partial charge in [-0.2, -0.15) is 0 Å². The van der Waals surface area contributed by atoms with Gasteiger partial charge < -0.3 is 5.11 Å². The zero-order valence-electron chi connectivity index (χ0n) is 12.1. The van der Waals surface area contributed by atoms with E-state index in [1.807, 2.05) is 0 Å². The number of nitrogens with one attached hydrogen (secondary N) is 1. The van der Waals surface area contributed by atoms with Crippen molar-refractivity contribution in [3.05, 3.63) is 29.3 Å². The van der Waals surface area contributed by atoms with Crippen molar-refractivity contribution in [2.45, 2.75) is 51.0 Å². The summed E-state index contributed by atoms with van der Waals surface area (Å²) in [5, 5.41) is 9.14. The quantitative estimate of drug-likeness (QED) is 0.812. The number of rotatable bonds is 7. The predicted octanol–water partition coefficient (Wildman–Crippen LogP) is 2.35. The molecule has 0 aliphatic heterocycles. The summed E-state index contributed by atoms with van der Waals surface area (Å²) in [7, 11) is -3.50. The highest BCUT2D eigenvalue weighted by atomic mass is 32.2. The number of aliphatic hydroxyl groups excluding tert-OH is 1. The second kappa shape index (κ2) is 5.84. The van der Waals surface area contributed by atoms with E-state index in [1.165, 1.54) is 0 Å². The van der Waals surface area contributed by atoms with Gasteiger partial charge in [0.2, 0.25) is 10.0 Å². The van der Waals surface area contributed by atoms with Crippen LogP contribution in [0.15, 0.2) is 23.1 Å². The van der Waals surface area contributed by atoms with E-state index in [-0.39, 0.29) is 16.9 Å². The van der Waals surface area contributed by atoms with Crippen LogP contribution in [0.25, 0.3) is 0 Å². The van der Waals surface area contributed by atoms with Gasteiger partial charge >= 0.3 is 0 Å². The Bertz CT molecular complexity index is 577. The first-order valence-electron chi connectivity index (χ1n) is 7.12. The molecular formula is C15H23NO3S. The molecule has 1 aliphatic rings. The molecule has 0 bridgehead atoms. The van der Waals surface area contributed by atoms with E-state index < -0.39 is 10.0 Å². The van der Waals surface area contributed by atoms with Crippen molar-refractivity contribution in [2.75, 3.05) is 6.54 Å². The maximum Gasteiger partial charge on any atom is 0.240 e. The molecule has 0 heterocycles. The number of benzene rings is 1. The highest BCUT2D eigenvalue weighted by Crippen LogP contribution is 2.49. The van der Waals surface area contributed by atoms with Crippen LogP contribution >= 0.6 is 0 Å². The first-order chi connectivity index (χ1) is 9.42. The summed E-state index contributed by atoms with van der Waals surface area (Å²) >= 11 is 0. The Morgan fingerprint density at radius 1 is 1.35 bits per heavy atom. The molecule has 112 valence electrons. The van der Waals surface area contributed by atoms with Crippen molar-refractivity contribution in [1.29, 1.82) is 0 Å². The van der Waals surface area contributed by atoms with Gasteiger partial charge in [0, 0.05) is 6.54 Å². The lowest BCUT2D eigenvalue weighted by Gasteiger charge is -2.16. The molecule has 0 unspecified atom stereocenters. The van der Waals surface area contributed by atoms with Crippen LogP contribution in [0.3, 0.4) is 0 Å². The standard InChI is InChI=1S/C15H23NO3S/c1-3-6-15(7-8-15)11-16-20(18,19)14-9-13(10-17)5-4-12(14)2/h4-5,9,16-17H,3,6-8,10-11H2,1-2H3. The minimum absolute atomic E-state index is 0.150. The molecule has 5 heteroatoms. The highest BCUT2D eigenvalue weighted by Gasteiger charge is 2.42. The third-order valence-electron chi connectivity index (χ3n) is 4.10. The predicted molar refractivity (Wildman–Crippen MR) is 78.9 cm³/mol. The van der Waals surface area contributed by atoms with Gasteiger partial charge in [0.25, 0.3) is 0 Å². The van der Waals surface area contributed by atoms with Crippen LogP contribution in [0.1, 0.15) is 43.7 Å². The molecule has 20 heavy (non-hydrogen) atoms. The van der Waals surface area contributed by atoms with E-state index in [0.29, 0.717) is 17.7 Å². The smallest absolute Gasteiger partial charge is 0.240 e. The average Bonchev–Trinajstić information content (AvgIpc) is 3.18. The van der Waals surface area contributed by atoms with Crippen molar-refractivity contribution in [2.24, 2.45) is 5.41 Å². The summed E-state index contributed by atoms with van der Waals surface area (Å²) in [5.41, 5.74) is 1.50. The van der Waals surface area contributed by atoms with E-state index in [4.69, 9.17) is 5.11 Å². The van der Waals surface area contributed by atoms with E-state index in [2.05, 4.69) is 11.6 Å². The Labute approximate surface area is 121 Å². The molecule has 1 aliphatic carbocycles. The third-order valence-corrected chi connectivity index (χ3v) is 5.64. The van der Waals surface area contributed by atoms with Crippen LogP contribution in [0.2, 0.25) is 0 Å². The summed E-state index contributed by atoms with van der Waals surface area (Å²) in [6, 6.07) is 5.03. The minimum Gasteiger partial charge on any atom is -0.392 e. The van der Waals surface area contributed by atoms with Crippen LogP contribution in [-0.4, -0.2) is 20.1 Å². The largest absolute Gasteiger partial charge is 0.392 e. The molecule has 1 fully saturated rings. The van der Waals surface area contributed by atoms with Gasteiger partial charge in [-0.05, 0) is 48.8 Å². The SMILES string of the molecule is CCCC1(CNS(=O)(=O)c2cc(CO)ccc2C)CC1. The van der Waals surface area contributed by atoms with Gasteiger partial charge in [0.15, 0.2) is 0 Å². The molecule has 0 aromatic heterocycles. The molecule has 1 aromatic carbocycles. The minimum atomic E-state index is -3.50. The lowest BCUT2D eigenvalue weighted by molar-refractivity contribution is 0.281. The molecule has 0 spiro atoms. The van der Waals surface area contributed by atoms with Crippen molar-refractivity contribution >= 4 is 10.0 Å². The molecule has 2 rings (SSSR count). The van der Waals surface area contributed by atoms with Crippen LogP contribution in [0, 0.1) is 12.3 Å². The van der Waals surface area contributed by atoms with Gasteiger partial charge in [-0.1, -0.05) is 25.5 Å². The van der Waals surface area contributed by atoms with E-state index in [0.717, 1.165) is 25.7 Å². The van der Waals surface area contributed by atoms with Gasteiger partial charge in [-0.25, -0.2) is 13.1 Å².